The monoisotopic (exact) mass is 594 g/mol. The first-order valence-electron chi connectivity index (χ1n) is 12.7. The van der Waals surface area contributed by atoms with Gasteiger partial charge in [0.1, 0.15) is 15.5 Å². The Hall–Kier alpha value is -2.64. The van der Waals surface area contributed by atoms with Crippen molar-refractivity contribution in [3.05, 3.63) is 47.1 Å². The highest BCUT2D eigenvalue weighted by Gasteiger charge is 2.29. The summed E-state index contributed by atoms with van der Waals surface area (Å²) >= 11 is 7.22. The number of amides is 1. The number of pyridine rings is 1. The molecule has 2 N–H and O–H groups in total. The van der Waals surface area contributed by atoms with Gasteiger partial charge >= 0.3 is 5.97 Å². The molecule has 1 aliphatic carbocycles. The molecule has 1 atom stereocenters. The molecule has 2 heterocycles. The zero-order chi connectivity index (χ0) is 28.0. The predicted octanol–water partition coefficient (Wildman–Crippen LogP) is 4.76. The minimum absolute atomic E-state index is 0.0295. The van der Waals surface area contributed by atoms with E-state index in [1.165, 1.54) is 30.6 Å². The van der Waals surface area contributed by atoms with E-state index >= 15 is 0 Å². The maximum atomic E-state index is 13.5. The van der Waals surface area contributed by atoms with Crippen LogP contribution in [0.5, 0.6) is 0 Å². The summed E-state index contributed by atoms with van der Waals surface area (Å²) < 4.78 is 32.7. The Morgan fingerprint density at radius 1 is 1.15 bits per heavy atom. The number of carboxylic acids is 1. The molecule has 1 fully saturated rings. The van der Waals surface area contributed by atoms with Gasteiger partial charge in [-0.2, -0.15) is 4.31 Å². The van der Waals surface area contributed by atoms with E-state index in [9.17, 15) is 18.0 Å². The largest absolute Gasteiger partial charge is 0.481 e. The highest BCUT2D eigenvalue weighted by Crippen LogP contribution is 2.36. The molecular formula is C26H31ClN4O6S2. The van der Waals surface area contributed by atoms with E-state index in [1.807, 2.05) is 0 Å². The fraction of sp³-hybridized carbons (Fsp3) is 0.462. The zero-order valence-corrected chi connectivity index (χ0v) is 23.9. The number of carboxylic acid groups (broad SMARTS) is 1. The smallest absolute Gasteiger partial charge is 0.304 e. The summed E-state index contributed by atoms with van der Waals surface area (Å²) in [5.74, 6) is -1.40. The number of anilines is 1. The van der Waals surface area contributed by atoms with Gasteiger partial charge in [0.25, 0.3) is 0 Å². The number of thiazole rings is 1. The SMILES string of the molecule is COCCN(CCC(=O)O)S(=O)(=O)c1ccc([C@@H](CC2CCCC2)C(=O)Nc2nc3ccc(Cl)nc3s2)cc1. The van der Waals surface area contributed by atoms with Crippen molar-refractivity contribution in [2.75, 3.05) is 32.1 Å². The van der Waals surface area contributed by atoms with E-state index in [2.05, 4.69) is 15.3 Å². The van der Waals surface area contributed by atoms with E-state index in [0.717, 1.165) is 30.0 Å². The average molecular weight is 595 g/mol. The molecule has 0 saturated heterocycles. The topological polar surface area (TPSA) is 139 Å². The Morgan fingerprint density at radius 2 is 1.87 bits per heavy atom. The van der Waals surface area contributed by atoms with Gasteiger partial charge < -0.3 is 15.2 Å². The maximum Gasteiger partial charge on any atom is 0.304 e. The van der Waals surface area contributed by atoms with Gasteiger partial charge in [0.05, 0.1) is 23.8 Å². The number of carbonyl (C=O) groups is 2. The van der Waals surface area contributed by atoms with Crippen LogP contribution in [-0.2, 0) is 24.3 Å². The van der Waals surface area contributed by atoms with Gasteiger partial charge in [-0.15, -0.1) is 0 Å². The van der Waals surface area contributed by atoms with Gasteiger partial charge in [-0.25, -0.2) is 18.4 Å². The van der Waals surface area contributed by atoms with Crippen LogP contribution in [0, 0.1) is 5.92 Å². The van der Waals surface area contributed by atoms with Crippen LogP contribution in [0.25, 0.3) is 10.3 Å². The number of fused-ring (bicyclic) bond motifs is 1. The summed E-state index contributed by atoms with van der Waals surface area (Å²) in [5, 5.41) is 12.7. The van der Waals surface area contributed by atoms with Crippen LogP contribution in [0.3, 0.4) is 0 Å². The molecule has 3 aromatic rings. The van der Waals surface area contributed by atoms with E-state index in [0.29, 0.717) is 38.5 Å². The minimum atomic E-state index is -3.96. The number of aromatic nitrogens is 2. The number of rotatable bonds is 13. The number of ether oxygens (including phenoxy) is 1. The Morgan fingerprint density at radius 3 is 2.54 bits per heavy atom. The molecule has 13 heteroatoms. The Balaban J connectivity index is 1.56. The number of halogens is 1. The first-order chi connectivity index (χ1) is 18.7. The van der Waals surface area contributed by atoms with Crippen LogP contribution >= 0.6 is 22.9 Å². The summed E-state index contributed by atoms with van der Waals surface area (Å²) in [5.41, 5.74) is 1.34. The van der Waals surface area contributed by atoms with Crippen molar-refractivity contribution >= 4 is 60.3 Å². The van der Waals surface area contributed by atoms with Gasteiger partial charge in [0, 0.05) is 20.2 Å². The van der Waals surface area contributed by atoms with Crippen molar-refractivity contribution < 1.29 is 27.9 Å². The molecule has 0 aliphatic heterocycles. The number of nitrogens with zero attached hydrogens (tertiary/aromatic N) is 3. The molecule has 39 heavy (non-hydrogen) atoms. The van der Waals surface area contributed by atoms with Gasteiger partial charge in [0.15, 0.2) is 5.13 Å². The Bertz CT molecular complexity index is 1410. The van der Waals surface area contributed by atoms with Crippen LogP contribution in [0.1, 0.15) is 50.0 Å². The standard InChI is InChI=1S/C26H31ClN4O6S2/c1-37-15-14-31(13-12-23(32)33)39(35,36)19-8-6-18(7-9-19)20(16-17-4-2-3-5-17)24(34)30-26-28-21-10-11-22(27)29-25(21)38-26/h6-11,17,20H,2-5,12-16H2,1H3,(H,32,33)(H,28,30,34)/t20-/m1/s1. The third kappa shape index (κ3) is 7.52. The molecule has 0 spiro atoms. The zero-order valence-electron chi connectivity index (χ0n) is 21.5. The number of nitrogens with one attached hydrogen (secondary N) is 1. The second-order valence-corrected chi connectivity index (χ2v) is 12.8. The fourth-order valence-electron chi connectivity index (χ4n) is 4.80. The van der Waals surface area contributed by atoms with E-state index in [4.69, 9.17) is 21.4 Å². The van der Waals surface area contributed by atoms with Crippen molar-refractivity contribution in [2.24, 2.45) is 5.92 Å². The third-order valence-corrected chi connectivity index (χ3v) is 9.86. The quantitative estimate of drug-likeness (QED) is 0.270. The average Bonchev–Trinajstić information content (AvgIpc) is 3.56. The van der Waals surface area contributed by atoms with Crippen LogP contribution in [0.15, 0.2) is 41.3 Å². The lowest BCUT2D eigenvalue weighted by atomic mass is 9.87. The van der Waals surface area contributed by atoms with Crippen molar-refractivity contribution in [2.45, 2.75) is 49.3 Å². The first kappa shape index (κ1) is 29.3. The predicted molar refractivity (Wildman–Crippen MR) is 150 cm³/mol. The highest BCUT2D eigenvalue weighted by molar-refractivity contribution is 7.89. The number of carbonyl (C=O) groups excluding carboxylic acids is 1. The number of aliphatic carboxylic acids is 1. The number of hydrogen-bond acceptors (Lipinski definition) is 8. The van der Waals surface area contributed by atoms with Crippen molar-refractivity contribution in [3.63, 3.8) is 0 Å². The summed E-state index contributed by atoms with van der Waals surface area (Å²) in [6, 6.07) is 9.67. The summed E-state index contributed by atoms with van der Waals surface area (Å²) in [6.45, 7) is -0.00536. The molecule has 1 saturated carbocycles. The number of sulfonamides is 1. The molecule has 1 aromatic carbocycles. The van der Waals surface area contributed by atoms with Crippen LogP contribution < -0.4 is 5.32 Å². The van der Waals surface area contributed by atoms with E-state index < -0.39 is 21.9 Å². The molecule has 0 unspecified atom stereocenters. The number of methoxy groups -OCH3 is 1. The molecule has 210 valence electrons. The highest BCUT2D eigenvalue weighted by atomic mass is 35.5. The van der Waals surface area contributed by atoms with Crippen LogP contribution in [0.2, 0.25) is 5.15 Å². The van der Waals surface area contributed by atoms with Crippen molar-refractivity contribution in [1.82, 2.24) is 14.3 Å². The molecule has 1 amide bonds. The van der Waals surface area contributed by atoms with E-state index in [-0.39, 0.29) is 36.9 Å². The number of benzene rings is 1. The first-order valence-corrected chi connectivity index (χ1v) is 15.4. The molecule has 0 bridgehead atoms. The van der Waals surface area contributed by atoms with Crippen LogP contribution in [0.4, 0.5) is 5.13 Å². The third-order valence-electron chi connectivity index (χ3n) is 6.85. The minimum Gasteiger partial charge on any atom is -0.481 e. The molecule has 2 aromatic heterocycles. The summed E-state index contributed by atoms with van der Waals surface area (Å²) in [7, 11) is -2.51. The van der Waals surface area contributed by atoms with E-state index in [1.54, 1.807) is 24.3 Å². The van der Waals surface area contributed by atoms with Crippen molar-refractivity contribution in [3.8, 4) is 0 Å². The molecule has 10 nitrogen and oxygen atoms in total. The summed E-state index contributed by atoms with van der Waals surface area (Å²) in [6.07, 6.45) is 4.70. The molecule has 0 radical (unpaired) electrons. The van der Waals surface area contributed by atoms with Gasteiger partial charge in [-0.1, -0.05) is 60.8 Å². The van der Waals surface area contributed by atoms with Gasteiger partial charge in [-0.3, -0.25) is 9.59 Å². The van der Waals surface area contributed by atoms with Gasteiger partial charge in [0.2, 0.25) is 15.9 Å². The number of hydrogen-bond donors (Lipinski definition) is 2. The second kappa shape index (κ2) is 13.1. The lowest BCUT2D eigenvalue weighted by molar-refractivity contribution is -0.137. The second-order valence-electron chi connectivity index (χ2n) is 9.51. The normalized spacial score (nSPS) is 15.2. The molecule has 4 rings (SSSR count). The van der Waals surface area contributed by atoms with Gasteiger partial charge in [-0.05, 0) is 42.2 Å². The molecule has 1 aliphatic rings. The van der Waals surface area contributed by atoms with Crippen LogP contribution in [-0.4, -0.2) is 66.5 Å². The summed E-state index contributed by atoms with van der Waals surface area (Å²) in [4.78, 5) is 33.9. The fourth-order valence-corrected chi connectivity index (χ4v) is 7.26. The maximum absolute atomic E-state index is 13.5. The Kier molecular flexibility index (Phi) is 9.89. The lowest BCUT2D eigenvalue weighted by Gasteiger charge is -2.23. The molecular weight excluding hydrogens is 564 g/mol. The lowest BCUT2D eigenvalue weighted by Crippen LogP contribution is -2.35. The Labute approximate surface area is 236 Å². The van der Waals surface area contributed by atoms with Crippen molar-refractivity contribution in [1.29, 1.82) is 0 Å².